The Labute approximate surface area is 174 Å². The molecule has 8 atom stereocenters. The second-order valence-electron chi connectivity index (χ2n) is 11.1. The summed E-state index contributed by atoms with van der Waals surface area (Å²) in [5.41, 5.74) is 0.788. The normalized spacial score (nSPS) is 47.2. The average molecular weight is 388 g/mol. The molecular formula is C26H45NO. The van der Waals surface area contributed by atoms with Crippen molar-refractivity contribution < 1.29 is 4.74 Å². The number of rotatable bonds is 3. The van der Waals surface area contributed by atoms with Gasteiger partial charge in [-0.1, -0.05) is 41.5 Å². The lowest BCUT2D eigenvalue weighted by Crippen LogP contribution is -2.54. The van der Waals surface area contributed by atoms with E-state index < -0.39 is 0 Å². The van der Waals surface area contributed by atoms with Gasteiger partial charge >= 0.3 is 0 Å². The number of hydrogen-bond donors (Lipinski definition) is 0. The Balaban J connectivity index is 0.00000109. The van der Waals surface area contributed by atoms with Crippen molar-refractivity contribution in [3.8, 4) is 6.07 Å². The summed E-state index contributed by atoms with van der Waals surface area (Å²) in [6.07, 6.45) is 12.4. The zero-order chi connectivity index (χ0) is 20.5. The van der Waals surface area contributed by atoms with E-state index >= 15 is 0 Å². The number of nitrogens with zero attached hydrogens (tertiary/aromatic N) is 1. The average Bonchev–Trinajstić information content (AvgIpc) is 3.03. The topological polar surface area (TPSA) is 33.0 Å². The minimum absolute atomic E-state index is 0.307. The lowest BCUT2D eigenvalue weighted by Gasteiger charge is -2.61. The molecule has 0 N–H and O–H groups in total. The molecule has 2 heteroatoms. The lowest BCUT2D eigenvalue weighted by molar-refractivity contribution is -0.139. The van der Waals surface area contributed by atoms with Crippen LogP contribution in [0.3, 0.4) is 0 Å². The summed E-state index contributed by atoms with van der Waals surface area (Å²) >= 11 is 0. The first-order valence-corrected chi connectivity index (χ1v) is 12.4. The number of nitriles is 1. The Morgan fingerprint density at radius 3 is 2.29 bits per heavy atom. The molecule has 4 aliphatic rings. The van der Waals surface area contributed by atoms with Crippen LogP contribution in [0.4, 0.5) is 0 Å². The Bertz CT molecular complexity index is 565. The molecule has 0 radical (unpaired) electrons. The maximum absolute atomic E-state index is 9.68. The van der Waals surface area contributed by atoms with E-state index in [1.165, 1.54) is 51.4 Å². The maximum Gasteiger partial charge on any atom is 0.0661 e. The van der Waals surface area contributed by atoms with Gasteiger partial charge in [-0.2, -0.15) is 5.26 Å². The Hall–Kier alpha value is -0.550. The minimum Gasteiger partial charge on any atom is -0.378 e. The van der Waals surface area contributed by atoms with Gasteiger partial charge in [-0.15, -0.1) is 0 Å². The molecule has 0 aromatic rings. The van der Waals surface area contributed by atoms with Crippen molar-refractivity contribution >= 4 is 0 Å². The van der Waals surface area contributed by atoms with Gasteiger partial charge in [0.25, 0.3) is 0 Å². The fourth-order valence-electron chi connectivity index (χ4n) is 7.99. The van der Waals surface area contributed by atoms with Crippen molar-refractivity contribution in [2.24, 2.45) is 46.3 Å². The van der Waals surface area contributed by atoms with Crippen LogP contribution in [-0.4, -0.2) is 12.7 Å². The summed E-state index contributed by atoms with van der Waals surface area (Å²) in [7, 11) is 0. The number of hydrogen-bond acceptors (Lipinski definition) is 2. The van der Waals surface area contributed by atoms with E-state index in [9.17, 15) is 5.26 Å². The van der Waals surface area contributed by atoms with Crippen molar-refractivity contribution in [3.05, 3.63) is 0 Å². The van der Waals surface area contributed by atoms with E-state index in [0.717, 1.165) is 36.7 Å². The van der Waals surface area contributed by atoms with Crippen molar-refractivity contribution in [2.45, 2.75) is 105 Å². The zero-order valence-corrected chi connectivity index (χ0v) is 19.5. The van der Waals surface area contributed by atoms with E-state index in [2.05, 4.69) is 33.8 Å². The van der Waals surface area contributed by atoms with Gasteiger partial charge in [-0.3, -0.25) is 0 Å². The van der Waals surface area contributed by atoms with Crippen molar-refractivity contribution in [2.75, 3.05) is 6.61 Å². The van der Waals surface area contributed by atoms with Gasteiger partial charge in [-0.25, -0.2) is 0 Å². The molecule has 8 unspecified atom stereocenters. The molecule has 0 spiro atoms. The molecule has 0 saturated heterocycles. The molecule has 4 fully saturated rings. The van der Waals surface area contributed by atoms with Crippen LogP contribution in [0.2, 0.25) is 0 Å². The van der Waals surface area contributed by atoms with E-state index in [-0.39, 0.29) is 0 Å². The van der Waals surface area contributed by atoms with Gasteiger partial charge in [0.2, 0.25) is 0 Å². The third-order valence-electron chi connectivity index (χ3n) is 9.39. The Kier molecular flexibility index (Phi) is 6.86. The van der Waals surface area contributed by atoms with Crippen LogP contribution in [0.25, 0.3) is 0 Å². The largest absolute Gasteiger partial charge is 0.378 e. The highest BCUT2D eigenvalue weighted by atomic mass is 16.5. The first-order valence-electron chi connectivity index (χ1n) is 12.4. The van der Waals surface area contributed by atoms with E-state index in [1.807, 2.05) is 13.8 Å². The summed E-state index contributed by atoms with van der Waals surface area (Å²) < 4.78 is 6.34. The van der Waals surface area contributed by atoms with Crippen LogP contribution in [-0.2, 0) is 4.74 Å². The predicted octanol–water partition coefficient (Wildman–Crippen LogP) is 7.24. The molecule has 2 nitrogen and oxygen atoms in total. The molecule has 28 heavy (non-hydrogen) atoms. The molecule has 4 aliphatic carbocycles. The molecule has 0 bridgehead atoms. The summed E-state index contributed by atoms with van der Waals surface area (Å²) in [5.74, 6) is 4.42. The van der Waals surface area contributed by atoms with E-state index in [1.54, 1.807) is 0 Å². The predicted molar refractivity (Wildman–Crippen MR) is 117 cm³/mol. The van der Waals surface area contributed by atoms with Crippen LogP contribution in [0.1, 0.15) is 99.3 Å². The maximum atomic E-state index is 9.68. The highest BCUT2D eigenvalue weighted by Crippen LogP contribution is 2.67. The first kappa shape index (κ1) is 22.1. The SMILES string of the molecule is CC.CC(C)COC1CCC2CCC3C4CCC(C#N)C4(C)CCC3C2(C)C1. The smallest absolute Gasteiger partial charge is 0.0661 e. The third kappa shape index (κ3) is 3.66. The minimum atomic E-state index is 0.307. The van der Waals surface area contributed by atoms with Crippen molar-refractivity contribution in [1.82, 2.24) is 0 Å². The molecule has 0 heterocycles. The van der Waals surface area contributed by atoms with Gasteiger partial charge in [0.05, 0.1) is 18.1 Å². The molecule has 0 aromatic heterocycles. The van der Waals surface area contributed by atoms with Crippen LogP contribution >= 0.6 is 0 Å². The fraction of sp³-hybridized carbons (Fsp3) is 0.962. The van der Waals surface area contributed by atoms with Crippen LogP contribution in [0, 0.1) is 57.7 Å². The first-order chi connectivity index (χ1) is 13.4. The quantitative estimate of drug-likeness (QED) is 0.511. The van der Waals surface area contributed by atoms with E-state index in [4.69, 9.17) is 4.74 Å². The highest BCUT2D eigenvalue weighted by Gasteiger charge is 2.60. The van der Waals surface area contributed by atoms with Crippen molar-refractivity contribution in [3.63, 3.8) is 0 Å². The van der Waals surface area contributed by atoms with Gasteiger partial charge < -0.3 is 4.74 Å². The Morgan fingerprint density at radius 2 is 1.61 bits per heavy atom. The highest BCUT2D eigenvalue weighted by molar-refractivity contribution is 5.12. The van der Waals surface area contributed by atoms with Crippen LogP contribution < -0.4 is 0 Å². The van der Waals surface area contributed by atoms with Crippen LogP contribution in [0.15, 0.2) is 0 Å². The van der Waals surface area contributed by atoms with Crippen LogP contribution in [0.5, 0.6) is 0 Å². The summed E-state index contributed by atoms with van der Waals surface area (Å²) in [5, 5.41) is 9.68. The third-order valence-corrected chi connectivity index (χ3v) is 9.39. The second-order valence-corrected chi connectivity index (χ2v) is 11.1. The van der Waals surface area contributed by atoms with Gasteiger partial charge in [0.15, 0.2) is 0 Å². The van der Waals surface area contributed by atoms with Crippen molar-refractivity contribution in [1.29, 1.82) is 5.26 Å². The fourth-order valence-corrected chi connectivity index (χ4v) is 7.99. The number of fused-ring (bicyclic) bond motifs is 5. The monoisotopic (exact) mass is 387 g/mol. The van der Waals surface area contributed by atoms with Gasteiger partial charge in [0.1, 0.15) is 0 Å². The summed E-state index contributed by atoms with van der Waals surface area (Å²) in [4.78, 5) is 0. The van der Waals surface area contributed by atoms with Gasteiger partial charge in [-0.05, 0) is 98.2 Å². The lowest BCUT2D eigenvalue weighted by atomic mass is 9.44. The molecule has 4 rings (SSSR count). The molecule has 4 saturated carbocycles. The van der Waals surface area contributed by atoms with Gasteiger partial charge in [0, 0.05) is 6.61 Å². The number of ether oxygens (including phenoxy) is 1. The molecule has 0 amide bonds. The molecule has 0 aromatic carbocycles. The molecule has 0 aliphatic heterocycles. The summed E-state index contributed by atoms with van der Waals surface area (Å²) in [6, 6.07) is 2.68. The molecule has 160 valence electrons. The van der Waals surface area contributed by atoms with E-state index in [0.29, 0.717) is 28.8 Å². The standard InChI is InChI=1S/C24H39NO.C2H6/c1-16(2)15-26-19-8-5-17-6-9-20-21-10-7-18(14-25)23(21,3)12-11-22(20)24(17,4)13-19;1-2/h16-22H,5-13,15H2,1-4H3;1-2H3. The Morgan fingerprint density at radius 1 is 0.929 bits per heavy atom. The zero-order valence-electron chi connectivity index (χ0n) is 19.5. The molecular weight excluding hydrogens is 342 g/mol. The summed E-state index contributed by atoms with van der Waals surface area (Å²) in [6.45, 7) is 14.5. The second kappa shape index (κ2) is 8.67.